The summed E-state index contributed by atoms with van der Waals surface area (Å²) in [7, 11) is 1.89. The molecule has 0 radical (unpaired) electrons. The third-order valence-electron chi connectivity index (χ3n) is 6.75. The van der Waals surface area contributed by atoms with Crippen molar-refractivity contribution in [2.75, 3.05) is 13.6 Å². The highest BCUT2D eigenvalue weighted by molar-refractivity contribution is 5.77. The topological polar surface area (TPSA) is 62.5 Å². The number of piperidine rings is 2. The van der Waals surface area contributed by atoms with Gasteiger partial charge in [0.2, 0.25) is 5.91 Å². The fourth-order valence-corrected chi connectivity index (χ4v) is 4.99. The van der Waals surface area contributed by atoms with Crippen molar-refractivity contribution in [1.29, 1.82) is 0 Å². The Balaban J connectivity index is 1.43. The standard InChI is InChI=1S/C24H29N5O/c1-16-6-5-12-25-24(16)19-8-3-7-18(26-19)20-15-29-21(9-4-10-22(29)27-20)17-11-13-28(2)23(30)14-17/h4-6,9-10,12,15,17-19,26H,3,7-8,11,13-14H2,1-2H3/t17?,18-,19+/m1/s1. The predicted molar refractivity (Wildman–Crippen MR) is 116 cm³/mol. The number of nitrogens with zero attached hydrogens (tertiary/aromatic N) is 4. The van der Waals surface area contributed by atoms with Crippen molar-refractivity contribution in [2.45, 2.75) is 57.0 Å². The zero-order valence-electron chi connectivity index (χ0n) is 17.7. The Labute approximate surface area is 177 Å². The summed E-state index contributed by atoms with van der Waals surface area (Å²) in [6, 6.07) is 10.9. The molecule has 30 heavy (non-hydrogen) atoms. The molecule has 0 aromatic carbocycles. The minimum Gasteiger partial charge on any atom is -0.346 e. The lowest BCUT2D eigenvalue weighted by molar-refractivity contribution is -0.132. The number of carbonyl (C=O) groups is 1. The molecule has 2 aliphatic heterocycles. The van der Waals surface area contributed by atoms with Crippen LogP contribution in [0.1, 0.15) is 72.8 Å². The summed E-state index contributed by atoms with van der Waals surface area (Å²) < 4.78 is 2.20. The minimum absolute atomic E-state index is 0.219. The lowest BCUT2D eigenvalue weighted by Gasteiger charge is -2.30. The molecule has 5 heterocycles. The molecule has 0 spiro atoms. The van der Waals surface area contributed by atoms with E-state index in [1.54, 1.807) is 0 Å². The molecular formula is C24H29N5O. The van der Waals surface area contributed by atoms with Gasteiger partial charge in [0, 0.05) is 44.0 Å². The van der Waals surface area contributed by atoms with Gasteiger partial charge in [-0.15, -0.1) is 0 Å². The molecule has 3 aromatic rings. The van der Waals surface area contributed by atoms with Crippen molar-refractivity contribution in [2.24, 2.45) is 0 Å². The van der Waals surface area contributed by atoms with Crippen molar-refractivity contribution in [3.63, 3.8) is 0 Å². The Morgan fingerprint density at radius 3 is 2.80 bits per heavy atom. The van der Waals surface area contributed by atoms with E-state index in [-0.39, 0.29) is 23.9 Å². The first-order chi connectivity index (χ1) is 14.6. The first-order valence-electron chi connectivity index (χ1n) is 11.0. The molecule has 2 fully saturated rings. The van der Waals surface area contributed by atoms with Crippen molar-refractivity contribution in [3.05, 3.63) is 65.4 Å². The fourth-order valence-electron chi connectivity index (χ4n) is 4.99. The van der Waals surface area contributed by atoms with E-state index in [0.29, 0.717) is 6.42 Å². The Hall–Kier alpha value is -2.73. The van der Waals surface area contributed by atoms with Gasteiger partial charge in [0.15, 0.2) is 0 Å². The molecule has 3 aromatic heterocycles. The second-order valence-corrected chi connectivity index (χ2v) is 8.76. The van der Waals surface area contributed by atoms with Crippen LogP contribution in [0.2, 0.25) is 0 Å². The third kappa shape index (κ3) is 3.49. The smallest absolute Gasteiger partial charge is 0.222 e. The van der Waals surface area contributed by atoms with E-state index in [2.05, 4.69) is 52.1 Å². The quantitative estimate of drug-likeness (QED) is 0.720. The molecule has 2 aliphatic rings. The van der Waals surface area contributed by atoms with Gasteiger partial charge in [-0.05, 0) is 56.4 Å². The van der Waals surface area contributed by atoms with E-state index in [9.17, 15) is 4.79 Å². The highest BCUT2D eigenvalue weighted by Crippen LogP contribution is 2.34. The van der Waals surface area contributed by atoms with Gasteiger partial charge in [-0.2, -0.15) is 0 Å². The molecule has 5 rings (SSSR count). The van der Waals surface area contributed by atoms with E-state index in [1.165, 1.54) is 11.3 Å². The maximum Gasteiger partial charge on any atom is 0.222 e. The van der Waals surface area contributed by atoms with Crippen LogP contribution in [0.3, 0.4) is 0 Å². The van der Waals surface area contributed by atoms with Crippen LogP contribution in [0.5, 0.6) is 0 Å². The molecule has 1 unspecified atom stereocenters. The third-order valence-corrected chi connectivity index (χ3v) is 6.75. The van der Waals surface area contributed by atoms with Crippen molar-refractivity contribution >= 4 is 11.6 Å². The summed E-state index contributed by atoms with van der Waals surface area (Å²) >= 11 is 0. The number of pyridine rings is 2. The number of imidazole rings is 1. The van der Waals surface area contributed by atoms with Crippen LogP contribution in [-0.4, -0.2) is 38.8 Å². The molecule has 0 bridgehead atoms. The average Bonchev–Trinajstić information content (AvgIpc) is 3.21. The van der Waals surface area contributed by atoms with Crippen LogP contribution < -0.4 is 5.32 Å². The fraction of sp³-hybridized carbons (Fsp3) is 0.458. The first-order valence-corrected chi connectivity index (χ1v) is 11.0. The Morgan fingerprint density at radius 2 is 1.97 bits per heavy atom. The first kappa shape index (κ1) is 19.2. The van der Waals surface area contributed by atoms with Crippen LogP contribution >= 0.6 is 0 Å². The van der Waals surface area contributed by atoms with Crippen LogP contribution in [0.4, 0.5) is 0 Å². The SMILES string of the molecule is Cc1cccnc1[C@@H]1CCC[C@H](c2cn3c(C4CCN(C)C(=O)C4)cccc3n2)N1. The van der Waals surface area contributed by atoms with Gasteiger partial charge in [0.05, 0.1) is 23.5 Å². The number of hydrogen-bond acceptors (Lipinski definition) is 4. The number of aryl methyl sites for hydroxylation is 1. The Kier molecular flexibility index (Phi) is 5.03. The lowest BCUT2D eigenvalue weighted by atomic mass is 9.92. The van der Waals surface area contributed by atoms with E-state index < -0.39 is 0 Å². The number of fused-ring (bicyclic) bond motifs is 1. The molecule has 0 aliphatic carbocycles. The van der Waals surface area contributed by atoms with Crippen LogP contribution in [0.25, 0.3) is 5.65 Å². The summed E-state index contributed by atoms with van der Waals surface area (Å²) in [6.45, 7) is 2.95. The molecular weight excluding hydrogens is 374 g/mol. The average molecular weight is 404 g/mol. The molecule has 6 heteroatoms. The second-order valence-electron chi connectivity index (χ2n) is 8.76. The van der Waals surface area contributed by atoms with E-state index in [0.717, 1.165) is 49.3 Å². The van der Waals surface area contributed by atoms with Gasteiger partial charge >= 0.3 is 0 Å². The summed E-state index contributed by atoms with van der Waals surface area (Å²) in [6.07, 6.45) is 8.97. The number of rotatable bonds is 3. The maximum atomic E-state index is 12.2. The van der Waals surface area contributed by atoms with Gasteiger partial charge in [0.25, 0.3) is 0 Å². The lowest BCUT2D eigenvalue weighted by Crippen LogP contribution is -2.35. The number of nitrogens with one attached hydrogen (secondary N) is 1. The van der Waals surface area contributed by atoms with E-state index in [1.807, 2.05) is 24.2 Å². The molecule has 156 valence electrons. The van der Waals surface area contributed by atoms with Crippen molar-refractivity contribution in [3.8, 4) is 0 Å². The number of amides is 1. The normalized spacial score (nSPS) is 25.1. The highest BCUT2D eigenvalue weighted by Gasteiger charge is 2.29. The summed E-state index contributed by atoms with van der Waals surface area (Å²) in [5.74, 6) is 0.480. The molecule has 0 saturated carbocycles. The van der Waals surface area contributed by atoms with Gasteiger partial charge in [-0.1, -0.05) is 12.1 Å². The van der Waals surface area contributed by atoms with Gasteiger partial charge < -0.3 is 14.6 Å². The number of likely N-dealkylation sites (tertiary alicyclic amines) is 1. The summed E-state index contributed by atoms with van der Waals surface area (Å²) in [5.41, 5.74) is 5.63. The second kappa shape index (κ2) is 7.84. The van der Waals surface area contributed by atoms with Crippen LogP contribution in [-0.2, 0) is 4.79 Å². The Morgan fingerprint density at radius 1 is 1.10 bits per heavy atom. The van der Waals surface area contributed by atoms with E-state index >= 15 is 0 Å². The largest absolute Gasteiger partial charge is 0.346 e. The van der Waals surface area contributed by atoms with Crippen molar-refractivity contribution in [1.82, 2.24) is 24.6 Å². The number of aromatic nitrogens is 3. The Bertz CT molecular complexity index is 1070. The minimum atomic E-state index is 0.219. The molecule has 1 N–H and O–H groups in total. The monoisotopic (exact) mass is 403 g/mol. The summed E-state index contributed by atoms with van der Waals surface area (Å²) in [4.78, 5) is 23.7. The van der Waals surface area contributed by atoms with Crippen LogP contribution in [0.15, 0.2) is 42.7 Å². The van der Waals surface area contributed by atoms with Crippen molar-refractivity contribution < 1.29 is 4.79 Å². The zero-order chi connectivity index (χ0) is 20.7. The van der Waals surface area contributed by atoms with Gasteiger partial charge in [-0.25, -0.2) is 4.98 Å². The number of carbonyl (C=O) groups excluding carboxylic acids is 1. The van der Waals surface area contributed by atoms with E-state index in [4.69, 9.17) is 4.98 Å². The highest BCUT2D eigenvalue weighted by atomic mass is 16.2. The molecule has 6 nitrogen and oxygen atoms in total. The zero-order valence-corrected chi connectivity index (χ0v) is 17.7. The molecule has 2 saturated heterocycles. The predicted octanol–water partition coefficient (Wildman–Crippen LogP) is 3.93. The molecule has 3 atom stereocenters. The van der Waals surface area contributed by atoms with Gasteiger partial charge in [0.1, 0.15) is 5.65 Å². The number of hydrogen-bond donors (Lipinski definition) is 1. The summed E-state index contributed by atoms with van der Waals surface area (Å²) in [5, 5.41) is 3.80. The van der Waals surface area contributed by atoms with Gasteiger partial charge in [-0.3, -0.25) is 9.78 Å². The maximum absolute atomic E-state index is 12.2. The van der Waals surface area contributed by atoms with Crippen LogP contribution in [0, 0.1) is 6.92 Å². The molecule has 1 amide bonds.